The average molecular weight is 380 g/mol. The van der Waals surface area contributed by atoms with Crippen LogP contribution in [0.1, 0.15) is 18.4 Å². The van der Waals surface area contributed by atoms with Gasteiger partial charge in [0.1, 0.15) is 6.61 Å². The number of hydrogen-bond acceptors (Lipinski definition) is 7. The number of hydrogen-bond donors (Lipinski definition) is 1. The molecule has 26 heavy (non-hydrogen) atoms. The highest BCUT2D eigenvalue weighted by Gasteiger charge is 2.27. The molecule has 2 rings (SSSR count). The fourth-order valence-electron chi connectivity index (χ4n) is 2.09. The number of nitro groups is 1. The quantitative estimate of drug-likeness (QED) is 0.516. The molecule has 10 heteroatoms. The zero-order valence-electron chi connectivity index (χ0n) is 13.6. The van der Waals surface area contributed by atoms with Gasteiger partial charge >= 0.3 is 11.8 Å². The van der Waals surface area contributed by atoms with Crippen molar-refractivity contribution in [2.24, 2.45) is 0 Å². The molecule has 1 N–H and O–H groups in total. The van der Waals surface area contributed by atoms with Crippen molar-refractivity contribution in [1.82, 2.24) is 4.98 Å². The van der Waals surface area contributed by atoms with Gasteiger partial charge in [-0.2, -0.15) is 0 Å². The lowest BCUT2D eigenvalue weighted by Gasteiger charge is -2.07. The van der Waals surface area contributed by atoms with Gasteiger partial charge in [-0.1, -0.05) is 30.3 Å². The van der Waals surface area contributed by atoms with Crippen molar-refractivity contribution < 1.29 is 28.0 Å². The number of rotatable bonds is 9. The van der Waals surface area contributed by atoms with Crippen LogP contribution in [-0.2, 0) is 21.2 Å². The van der Waals surface area contributed by atoms with Gasteiger partial charge in [0.05, 0.1) is 5.75 Å². The van der Waals surface area contributed by atoms with Crippen LogP contribution in [-0.4, -0.2) is 35.2 Å². The number of ether oxygens (including phenoxy) is 1. The molecule has 0 fully saturated rings. The molecular weight excluding hydrogens is 364 g/mol. The summed E-state index contributed by atoms with van der Waals surface area (Å²) >= 11 is 0. The minimum atomic E-state index is -3.93. The van der Waals surface area contributed by atoms with E-state index in [2.05, 4.69) is 4.98 Å². The molecule has 0 amide bonds. The number of aliphatic carboxylic acids is 1. The van der Waals surface area contributed by atoms with Crippen molar-refractivity contribution in [3.63, 3.8) is 0 Å². The Morgan fingerprint density at radius 3 is 2.50 bits per heavy atom. The van der Waals surface area contributed by atoms with Crippen LogP contribution in [0.5, 0.6) is 5.75 Å². The highest BCUT2D eigenvalue weighted by atomic mass is 32.2. The lowest BCUT2D eigenvalue weighted by atomic mass is 10.2. The number of carboxylic acids is 1. The lowest BCUT2D eigenvalue weighted by Crippen LogP contribution is -2.12. The molecule has 138 valence electrons. The monoisotopic (exact) mass is 380 g/mol. The van der Waals surface area contributed by atoms with Gasteiger partial charge in [-0.05, 0) is 28.0 Å². The maximum Gasteiger partial charge on any atom is 0.407 e. The summed E-state index contributed by atoms with van der Waals surface area (Å²) in [5.41, 5.74) is 0.784. The first-order valence-corrected chi connectivity index (χ1v) is 9.21. The fourth-order valence-corrected chi connectivity index (χ4v) is 3.32. The summed E-state index contributed by atoms with van der Waals surface area (Å²) in [6.07, 6.45) is -0.432. The molecule has 0 bridgehead atoms. The Morgan fingerprint density at radius 2 is 1.88 bits per heavy atom. The molecule has 9 nitrogen and oxygen atoms in total. The van der Waals surface area contributed by atoms with Crippen molar-refractivity contribution in [3.05, 3.63) is 58.1 Å². The zero-order valence-corrected chi connectivity index (χ0v) is 14.4. The Labute approximate surface area is 149 Å². The van der Waals surface area contributed by atoms with Crippen LogP contribution in [0.4, 0.5) is 5.82 Å². The van der Waals surface area contributed by atoms with Gasteiger partial charge in [-0.3, -0.25) is 4.79 Å². The van der Waals surface area contributed by atoms with E-state index < -0.39 is 37.3 Å². The van der Waals surface area contributed by atoms with Crippen molar-refractivity contribution in [1.29, 1.82) is 0 Å². The predicted molar refractivity (Wildman–Crippen MR) is 90.6 cm³/mol. The van der Waals surface area contributed by atoms with E-state index in [1.54, 1.807) is 24.3 Å². The first kappa shape index (κ1) is 19.3. The third-order valence-corrected chi connectivity index (χ3v) is 5.04. The molecule has 0 aliphatic heterocycles. The Balaban J connectivity index is 2.19. The van der Waals surface area contributed by atoms with E-state index in [0.29, 0.717) is 0 Å². The number of aromatic nitrogens is 1. The van der Waals surface area contributed by atoms with E-state index in [4.69, 9.17) is 9.84 Å². The average Bonchev–Trinajstić information content (AvgIpc) is 2.60. The molecule has 0 radical (unpaired) electrons. The Bertz CT molecular complexity index is 898. The molecule has 0 atom stereocenters. The molecule has 0 aliphatic rings. The van der Waals surface area contributed by atoms with Crippen molar-refractivity contribution in [3.8, 4) is 5.75 Å². The SMILES string of the molecule is O=C(O)CCCS(=O)(=O)c1ccc(OCc2ccccc2)c([N+](=O)[O-])n1. The number of sulfone groups is 1. The van der Waals surface area contributed by atoms with Gasteiger partial charge in [0, 0.05) is 12.5 Å². The Morgan fingerprint density at radius 1 is 1.19 bits per heavy atom. The summed E-state index contributed by atoms with van der Waals surface area (Å²) in [5, 5.41) is 19.3. The molecule has 0 saturated heterocycles. The molecule has 1 aromatic carbocycles. The second kappa shape index (κ2) is 8.39. The first-order chi connectivity index (χ1) is 12.3. The van der Waals surface area contributed by atoms with Crippen LogP contribution in [0, 0.1) is 10.1 Å². The van der Waals surface area contributed by atoms with Crippen LogP contribution >= 0.6 is 0 Å². The zero-order chi connectivity index (χ0) is 19.2. The highest BCUT2D eigenvalue weighted by molar-refractivity contribution is 7.91. The maximum absolute atomic E-state index is 12.2. The number of pyridine rings is 1. The second-order valence-corrected chi connectivity index (χ2v) is 7.37. The molecular formula is C16H16N2O7S. The van der Waals surface area contributed by atoms with Crippen LogP contribution in [0.15, 0.2) is 47.5 Å². The summed E-state index contributed by atoms with van der Waals surface area (Å²) in [6.45, 7) is 0.0636. The van der Waals surface area contributed by atoms with Crippen LogP contribution < -0.4 is 4.74 Å². The van der Waals surface area contributed by atoms with E-state index in [1.807, 2.05) is 6.07 Å². The summed E-state index contributed by atoms with van der Waals surface area (Å²) in [4.78, 5) is 24.5. The number of benzene rings is 1. The predicted octanol–water partition coefficient (Wildman–Crippen LogP) is 2.21. The summed E-state index contributed by atoms with van der Waals surface area (Å²) in [6, 6.07) is 11.2. The molecule has 0 aliphatic carbocycles. The fraction of sp³-hybridized carbons (Fsp3) is 0.250. The van der Waals surface area contributed by atoms with Crippen LogP contribution in [0.2, 0.25) is 0 Å². The minimum Gasteiger partial charge on any atom is -0.481 e. The summed E-state index contributed by atoms with van der Waals surface area (Å²) in [7, 11) is -3.93. The molecule has 1 heterocycles. The van der Waals surface area contributed by atoms with Gasteiger partial charge in [-0.15, -0.1) is 0 Å². The van der Waals surface area contributed by atoms with E-state index in [0.717, 1.165) is 11.6 Å². The topological polar surface area (TPSA) is 137 Å². The standard InChI is InChI=1S/C16H16N2O7S/c19-15(20)7-4-10-26(23,24)14-9-8-13(16(17-14)18(21)22)25-11-12-5-2-1-3-6-12/h1-3,5-6,8-9H,4,7,10-11H2,(H,19,20). The van der Waals surface area contributed by atoms with E-state index in [9.17, 15) is 23.3 Å². The minimum absolute atomic E-state index is 0.0636. The largest absolute Gasteiger partial charge is 0.481 e. The van der Waals surface area contributed by atoms with E-state index >= 15 is 0 Å². The van der Waals surface area contributed by atoms with E-state index in [-0.39, 0.29) is 25.2 Å². The molecule has 0 spiro atoms. The van der Waals surface area contributed by atoms with Crippen molar-refractivity contribution in [2.75, 3.05) is 5.75 Å². The van der Waals surface area contributed by atoms with Gasteiger partial charge in [0.25, 0.3) is 5.03 Å². The molecule has 2 aromatic rings. The second-order valence-electron chi connectivity index (χ2n) is 5.32. The Hall–Kier alpha value is -3.01. The maximum atomic E-state index is 12.2. The van der Waals surface area contributed by atoms with Gasteiger partial charge < -0.3 is 20.0 Å². The number of carboxylic acid groups (broad SMARTS) is 1. The summed E-state index contributed by atoms with van der Waals surface area (Å²) < 4.78 is 29.7. The van der Waals surface area contributed by atoms with Crippen LogP contribution in [0.25, 0.3) is 0 Å². The third kappa shape index (κ3) is 5.24. The van der Waals surface area contributed by atoms with E-state index in [1.165, 1.54) is 6.07 Å². The van der Waals surface area contributed by atoms with Crippen molar-refractivity contribution in [2.45, 2.75) is 24.5 Å². The third-order valence-electron chi connectivity index (χ3n) is 3.35. The summed E-state index contributed by atoms with van der Waals surface area (Å²) in [5.74, 6) is -2.44. The smallest absolute Gasteiger partial charge is 0.407 e. The highest BCUT2D eigenvalue weighted by Crippen LogP contribution is 2.27. The Kier molecular flexibility index (Phi) is 6.23. The van der Waals surface area contributed by atoms with Crippen molar-refractivity contribution >= 4 is 21.6 Å². The molecule has 0 unspecified atom stereocenters. The first-order valence-electron chi connectivity index (χ1n) is 7.56. The lowest BCUT2D eigenvalue weighted by molar-refractivity contribution is -0.391. The number of carbonyl (C=O) groups is 1. The van der Waals surface area contributed by atoms with Crippen LogP contribution in [0.3, 0.4) is 0 Å². The van der Waals surface area contributed by atoms with Gasteiger partial charge in [0.15, 0.2) is 0 Å². The molecule has 1 aromatic heterocycles. The number of nitrogens with zero attached hydrogens (tertiary/aromatic N) is 2. The normalized spacial score (nSPS) is 11.1. The molecule has 0 saturated carbocycles. The van der Waals surface area contributed by atoms with Gasteiger partial charge in [0.2, 0.25) is 15.6 Å². The van der Waals surface area contributed by atoms with Gasteiger partial charge in [-0.25, -0.2) is 8.42 Å².